The predicted octanol–water partition coefficient (Wildman–Crippen LogP) is 3.28. The molecule has 0 aliphatic carbocycles. The standard InChI is InChI=1S/C20H24N2O2S/c1-15(2)22-19(23)14-25-18-11-7-6-10-17(18)20(24)21-13-12-16-8-4-3-5-9-16/h3-11,15H,12-14H2,1-2H3,(H,21,24)(H,22,23). The zero-order chi connectivity index (χ0) is 18.1. The van der Waals surface area contributed by atoms with Gasteiger partial charge in [-0.25, -0.2) is 0 Å². The Morgan fingerprint density at radius 3 is 2.40 bits per heavy atom. The first kappa shape index (κ1) is 19.1. The van der Waals surface area contributed by atoms with E-state index in [2.05, 4.69) is 10.6 Å². The molecule has 2 N–H and O–H groups in total. The van der Waals surface area contributed by atoms with Crippen LogP contribution in [0.25, 0.3) is 0 Å². The Hall–Kier alpha value is -2.27. The van der Waals surface area contributed by atoms with Gasteiger partial charge in [0, 0.05) is 17.5 Å². The van der Waals surface area contributed by atoms with Crippen molar-refractivity contribution in [3.8, 4) is 0 Å². The number of amides is 2. The van der Waals surface area contributed by atoms with E-state index in [1.807, 2.05) is 62.4 Å². The molecular formula is C20H24N2O2S. The molecule has 2 rings (SSSR count). The van der Waals surface area contributed by atoms with Gasteiger partial charge >= 0.3 is 0 Å². The SMILES string of the molecule is CC(C)NC(=O)CSc1ccccc1C(=O)NCCc1ccccc1. The van der Waals surface area contributed by atoms with E-state index in [1.54, 1.807) is 6.07 Å². The molecule has 0 aliphatic heterocycles. The summed E-state index contributed by atoms with van der Waals surface area (Å²) in [5, 5.41) is 5.81. The molecule has 0 fully saturated rings. The molecule has 2 aromatic rings. The van der Waals surface area contributed by atoms with Crippen LogP contribution in [-0.4, -0.2) is 30.2 Å². The van der Waals surface area contributed by atoms with Crippen LogP contribution in [0.4, 0.5) is 0 Å². The minimum Gasteiger partial charge on any atom is -0.353 e. The summed E-state index contributed by atoms with van der Waals surface area (Å²) >= 11 is 1.38. The van der Waals surface area contributed by atoms with Crippen LogP contribution in [0.3, 0.4) is 0 Å². The van der Waals surface area contributed by atoms with Crippen molar-refractivity contribution < 1.29 is 9.59 Å². The van der Waals surface area contributed by atoms with Crippen molar-refractivity contribution in [2.75, 3.05) is 12.3 Å². The minimum atomic E-state index is -0.108. The third-order valence-electron chi connectivity index (χ3n) is 3.48. The summed E-state index contributed by atoms with van der Waals surface area (Å²) in [6, 6.07) is 17.5. The van der Waals surface area contributed by atoms with Crippen LogP contribution in [0, 0.1) is 0 Å². The summed E-state index contributed by atoms with van der Waals surface area (Å²) in [6.07, 6.45) is 0.790. The Bertz CT molecular complexity index is 702. The van der Waals surface area contributed by atoms with E-state index in [1.165, 1.54) is 17.3 Å². The quantitative estimate of drug-likeness (QED) is 0.714. The van der Waals surface area contributed by atoms with Crippen molar-refractivity contribution in [2.24, 2.45) is 0 Å². The molecule has 2 amide bonds. The number of carbonyl (C=O) groups is 2. The number of benzene rings is 2. The van der Waals surface area contributed by atoms with Crippen LogP contribution in [0.1, 0.15) is 29.8 Å². The van der Waals surface area contributed by atoms with Gasteiger partial charge in [0.2, 0.25) is 5.91 Å². The molecule has 0 heterocycles. The van der Waals surface area contributed by atoms with Gasteiger partial charge in [0.05, 0.1) is 11.3 Å². The van der Waals surface area contributed by atoms with E-state index in [0.717, 1.165) is 11.3 Å². The van der Waals surface area contributed by atoms with Crippen molar-refractivity contribution in [2.45, 2.75) is 31.2 Å². The first-order valence-electron chi connectivity index (χ1n) is 8.39. The smallest absolute Gasteiger partial charge is 0.252 e. The summed E-state index contributed by atoms with van der Waals surface area (Å²) in [4.78, 5) is 25.1. The van der Waals surface area contributed by atoms with Crippen molar-refractivity contribution in [1.29, 1.82) is 0 Å². The van der Waals surface area contributed by atoms with Crippen molar-refractivity contribution in [1.82, 2.24) is 10.6 Å². The second-order valence-electron chi connectivity index (χ2n) is 6.00. The van der Waals surface area contributed by atoms with Crippen molar-refractivity contribution in [3.05, 3.63) is 65.7 Å². The molecule has 2 aromatic carbocycles. The maximum Gasteiger partial charge on any atom is 0.252 e. The second-order valence-corrected chi connectivity index (χ2v) is 7.02. The normalized spacial score (nSPS) is 10.5. The van der Waals surface area contributed by atoms with Gasteiger partial charge < -0.3 is 10.6 Å². The summed E-state index contributed by atoms with van der Waals surface area (Å²) in [5.41, 5.74) is 1.80. The monoisotopic (exact) mass is 356 g/mol. The van der Waals surface area contributed by atoms with E-state index in [0.29, 0.717) is 17.9 Å². The number of nitrogens with one attached hydrogen (secondary N) is 2. The average Bonchev–Trinajstić information content (AvgIpc) is 2.60. The third kappa shape index (κ3) is 6.63. The highest BCUT2D eigenvalue weighted by Crippen LogP contribution is 2.22. The minimum absolute atomic E-state index is 0.0284. The zero-order valence-electron chi connectivity index (χ0n) is 14.6. The van der Waals surface area contributed by atoms with Gasteiger partial charge in [-0.1, -0.05) is 42.5 Å². The second kappa shape index (κ2) is 9.89. The fraction of sp³-hybridized carbons (Fsp3) is 0.300. The van der Waals surface area contributed by atoms with E-state index < -0.39 is 0 Å². The van der Waals surface area contributed by atoms with Crippen LogP contribution in [0.2, 0.25) is 0 Å². The van der Waals surface area contributed by atoms with Crippen LogP contribution >= 0.6 is 11.8 Å². The topological polar surface area (TPSA) is 58.2 Å². The van der Waals surface area contributed by atoms with E-state index in [-0.39, 0.29) is 17.9 Å². The maximum absolute atomic E-state index is 12.5. The van der Waals surface area contributed by atoms with Gasteiger partial charge in [-0.15, -0.1) is 11.8 Å². The predicted molar refractivity (Wildman–Crippen MR) is 103 cm³/mol. The lowest BCUT2D eigenvalue weighted by molar-refractivity contribution is -0.119. The molecule has 0 bridgehead atoms. The van der Waals surface area contributed by atoms with Crippen LogP contribution in [0.15, 0.2) is 59.5 Å². The first-order chi connectivity index (χ1) is 12.1. The largest absolute Gasteiger partial charge is 0.353 e. The number of carbonyl (C=O) groups excluding carboxylic acids is 2. The van der Waals surface area contributed by atoms with Crippen LogP contribution < -0.4 is 10.6 Å². The molecule has 0 aromatic heterocycles. The number of hydrogen-bond donors (Lipinski definition) is 2. The Morgan fingerprint density at radius 2 is 1.68 bits per heavy atom. The molecule has 0 spiro atoms. The molecule has 0 aliphatic rings. The molecule has 0 radical (unpaired) electrons. The maximum atomic E-state index is 12.5. The van der Waals surface area contributed by atoms with Crippen LogP contribution in [0.5, 0.6) is 0 Å². The van der Waals surface area contributed by atoms with E-state index in [4.69, 9.17) is 0 Å². The van der Waals surface area contributed by atoms with Gasteiger partial charge in [0.25, 0.3) is 5.91 Å². The summed E-state index contributed by atoms with van der Waals surface area (Å²) in [5.74, 6) is 0.162. The van der Waals surface area contributed by atoms with E-state index in [9.17, 15) is 9.59 Å². The lowest BCUT2D eigenvalue weighted by atomic mass is 10.1. The molecule has 25 heavy (non-hydrogen) atoms. The van der Waals surface area contributed by atoms with Gasteiger partial charge in [-0.3, -0.25) is 9.59 Å². The van der Waals surface area contributed by atoms with Gasteiger partial charge in [-0.05, 0) is 38.0 Å². The van der Waals surface area contributed by atoms with Crippen LogP contribution in [-0.2, 0) is 11.2 Å². The lowest BCUT2D eigenvalue weighted by Crippen LogP contribution is -2.31. The average molecular weight is 356 g/mol. The third-order valence-corrected chi connectivity index (χ3v) is 4.56. The van der Waals surface area contributed by atoms with Gasteiger partial charge in [0.1, 0.15) is 0 Å². The fourth-order valence-electron chi connectivity index (χ4n) is 2.35. The highest BCUT2D eigenvalue weighted by atomic mass is 32.2. The first-order valence-corrected chi connectivity index (χ1v) is 9.38. The molecule has 0 saturated heterocycles. The summed E-state index contributed by atoms with van der Waals surface area (Å²) in [6.45, 7) is 4.43. The van der Waals surface area contributed by atoms with Crippen molar-refractivity contribution >= 4 is 23.6 Å². The molecule has 0 saturated carbocycles. The zero-order valence-corrected chi connectivity index (χ0v) is 15.4. The highest BCUT2D eigenvalue weighted by molar-refractivity contribution is 8.00. The van der Waals surface area contributed by atoms with Gasteiger partial charge in [0.15, 0.2) is 0 Å². The number of thioether (sulfide) groups is 1. The molecule has 0 atom stereocenters. The molecule has 132 valence electrons. The highest BCUT2D eigenvalue weighted by Gasteiger charge is 2.12. The molecular weight excluding hydrogens is 332 g/mol. The van der Waals surface area contributed by atoms with Crippen molar-refractivity contribution in [3.63, 3.8) is 0 Å². The summed E-state index contributed by atoms with van der Waals surface area (Å²) < 4.78 is 0. The number of hydrogen-bond acceptors (Lipinski definition) is 3. The Kier molecular flexibility index (Phi) is 7.54. The van der Waals surface area contributed by atoms with Gasteiger partial charge in [-0.2, -0.15) is 0 Å². The Morgan fingerprint density at radius 1 is 1.00 bits per heavy atom. The molecule has 4 nitrogen and oxygen atoms in total. The number of rotatable bonds is 8. The fourth-order valence-corrected chi connectivity index (χ4v) is 3.21. The Labute approximate surface area is 153 Å². The van der Waals surface area contributed by atoms with E-state index >= 15 is 0 Å². The molecule has 5 heteroatoms. The Balaban J connectivity index is 1.90. The summed E-state index contributed by atoms with van der Waals surface area (Å²) in [7, 11) is 0. The lowest BCUT2D eigenvalue weighted by Gasteiger charge is -2.11. The molecule has 0 unspecified atom stereocenters.